The second-order valence-corrected chi connectivity index (χ2v) is 3.41. The zero-order valence-electron chi connectivity index (χ0n) is 8.16. The van der Waals surface area contributed by atoms with Gasteiger partial charge < -0.3 is 15.3 Å². The Balaban J connectivity index is 2.05. The Morgan fingerprint density at radius 1 is 1.29 bits per heavy atom. The summed E-state index contributed by atoms with van der Waals surface area (Å²) in [6.45, 7) is 2.31. The van der Waals surface area contributed by atoms with Crippen molar-refractivity contribution in [3.63, 3.8) is 0 Å². The third-order valence-electron chi connectivity index (χ3n) is 2.25. The van der Waals surface area contributed by atoms with Crippen LogP contribution in [0.1, 0.15) is 19.3 Å². The standard InChI is InChI=1S/C9H16N2O3/c12-8(11-5-1-2-6-11)7-10-4-3-9(13)14/h10H,1-7H2,(H,13,14). The van der Waals surface area contributed by atoms with Gasteiger partial charge >= 0.3 is 5.97 Å². The van der Waals surface area contributed by atoms with Crippen molar-refractivity contribution in [2.45, 2.75) is 19.3 Å². The molecule has 5 nitrogen and oxygen atoms in total. The van der Waals surface area contributed by atoms with E-state index in [9.17, 15) is 9.59 Å². The summed E-state index contributed by atoms with van der Waals surface area (Å²) in [5, 5.41) is 11.2. The van der Waals surface area contributed by atoms with Crippen LogP contribution in [0.3, 0.4) is 0 Å². The number of amides is 1. The highest BCUT2D eigenvalue weighted by Gasteiger charge is 2.16. The Morgan fingerprint density at radius 2 is 1.93 bits per heavy atom. The van der Waals surface area contributed by atoms with Crippen LogP contribution >= 0.6 is 0 Å². The van der Waals surface area contributed by atoms with Gasteiger partial charge in [0.15, 0.2) is 0 Å². The molecule has 1 saturated heterocycles. The molecule has 0 bridgehead atoms. The van der Waals surface area contributed by atoms with E-state index in [0.717, 1.165) is 25.9 Å². The second-order valence-electron chi connectivity index (χ2n) is 3.41. The van der Waals surface area contributed by atoms with Crippen LogP contribution in [0.2, 0.25) is 0 Å². The summed E-state index contributed by atoms with van der Waals surface area (Å²) in [4.78, 5) is 23.4. The summed E-state index contributed by atoms with van der Waals surface area (Å²) in [6.07, 6.45) is 2.23. The fourth-order valence-corrected chi connectivity index (χ4v) is 1.47. The Hall–Kier alpha value is -1.10. The number of nitrogens with one attached hydrogen (secondary N) is 1. The fourth-order valence-electron chi connectivity index (χ4n) is 1.47. The van der Waals surface area contributed by atoms with Crippen LogP contribution in [0.4, 0.5) is 0 Å². The summed E-state index contributed by atoms with van der Waals surface area (Å²) in [6, 6.07) is 0. The van der Waals surface area contributed by atoms with E-state index in [2.05, 4.69) is 5.32 Å². The van der Waals surface area contributed by atoms with Gasteiger partial charge in [-0.25, -0.2) is 0 Å². The van der Waals surface area contributed by atoms with Gasteiger partial charge in [0, 0.05) is 19.6 Å². The summed E-state index contributed by atoms with van der Waals surface area (Å²) in [5.41, 5.74) is 0. The molecule has 1 amide bonds. The number of carbonyl (C=O) groups is 2. The van der Waals surface area contributed by atoms with Crippen molar-refractivity contribution in [2.24, 2.45) is 0 Å². The van der Waals surface area contributed by atoms with Gasteiger partial charge in [-0.2, -0.15) is 0 Å². The summed E-state index contributed by atoms with van der Waals surface area (Å²) < 4.78 is 0. The van der Waals surface area contributed by atoms with Crippen LogP contribution in [0.5, 0.6) is 0 Å². The number of nitrogens with zero attached hydrogens (tertiary/aromatic N) is 1. The van der Waals surface area contributed by atoms with E-state index in [1.54, 1.807) is 0 Å². The number of hydrogen-bond donors (Lipinski definition) is 2. The van der Waals surface area contributed by atoms with Gasteiger partial charge in [0.2, 0.25) is 5.91 Å². The molecule has 0 unspecified atom stereocenters. The first-order valence-corrected chi connectivity index (χ1v) is 4.90. The molecule has 1 aliphatic heterocycles. The maximum Gasteiger partial charge on any atom is 0.304 e. The number of hydrogen-bond acceptors (Lipinski definition) is 3. The van der Waals surface area contributed by atoms with Crippen LogP contribution in [-0.2, 0) is 9.59 Å². The SMILES string of the molecule is O=C(O)CCNCC(=O)N1CCCC1. The van der Waals surface area contributed by atoms with Crippen molar-refractivity contribution in [1.29, 1.82) is 0 Å². The molecule has 0 saturated carbocycles. The lowest BCUT2D eigenvalue weighted by atomic mass is 10.4. The molecule has 0 aromatic rings. The number of likely N-dealkylation sites (tertiary alicyclic amines) is 1. The molecule has 1 aliphatic rings. The minimum Gasteiger partial charge on any atom is -0.481 e. The molecule has 0 aromatic heterocycles. The zero-order chi connectivity index (χ0) is 10.4. The first-order chi connectivity index (χ1) is 6.70. The lowest BCUT2D eigenvalue weighted by molar-refractivity contribution is -0.137. The molecule has 0 atom stereocenters. The molecule has 0 radical (unpaired) electrons. The smallest absolute Gasteiger partial charge is 0.304 e. The van der Waals surface area contributed by atoms with Crippen molar-refractivity contribution in [3.05, 3.63) is 0 Å². The highest BCUT2D eigenvalue weighted by atomic mass is 16.4. The number of aliphatic carboxylic acids is 1. The Labute approximate surface area is 83.1 Å². The molecular formula is C9H16N2O3. The van der Waals surface area contributed by atoms with Crippen LogP contribution in [0, 0.1) is 0 Å². The van der Waals surface area contributed by atoms with Crippen molar-refractivity contribution in [2.75, 3.05) is 26.2 Å². The van der Waals surface area contributed by atoms with Crippen LogP contribution in [0.25, 0.3) is 0 Å². The lowest BCUT2D eigenvalue weighted by Crippen LogP contribution is -2.36. The molecule has 0 spiro atoms. The minimum atomic E-state index is -0.842. The molecule has 80 valence electrons. The van der Waals surface area contributed by atoms with Crippen molar-refractivity contribution in [1.82, 2.24) is 10.2 Å². The van der Waals surface area contributed by atoms with Gasteiger partial charge in [0.1, 0.15) is 0 Å². The lowest BCUT2D eigenvalue weighted by Gasteiger charge is -2.15. The Kier molecular flexibility index (Phi) is 4.39. The molecule has 5 heteroatoms. The van der Waals surface area contributed by atoms with E-state index >= 15 is 0 Å². The maximum atomic E-state index is 11.4. The van der Waals surface area contributed by atoms with Gasteiger partial charge in [-0.1, -0.05) is 0 Å². The number of carboxylic acids is 1. The van der Waals surface area contributed by atoms with Gasteiger partial charge in [0.05, 0.1) is 13.0 Å². The topological polar surface area (TPSA) is 69.6 Å². The normalized spacial score (nSPS) is 15.9. The monoisotopic (exact) mass is 200 g/mol. The van der Waals surface area contributed by atoms with Crippen LogP contribution in [-0.4, -0.2) is 48.1 Å². The first-order valence-electron chi connectivity index (χ1n) is 4.90. The highest BCUT2D eigenvalue weighted by molar-refractivity contribution is 5.78. The Morgan fingerprint density at radius 3 is 2.50 bits per heavy atom. The van der Waals surface area contributed by atoms with E-state index < -0.39 is 5.97 Å². The predicted molar refractivity (Wildman–Crippen MR) is 50.9 cm³/mol. The van der Waals surface area contributed by atoms with Gasteiger partial charge in [-0.3, -0.25) is 9.59 Å². The zero-order valence-corrected chi connectivity index (χ0v) is 8.16. The molecule has 0 aliphatic carbocycles. The molecule has 0 aromatic carbocycles. The van der Waals surface area contributed by atoms with Crippen molar-refractivity contribution in [3.8, 4) is 0 Å². The third kappa shape index (κ3) is 3.74. The van der Waals surface area contributed by atoms with E-state index in [4.69, 9.17) is 5.11 Å². The summed E-state index contributed by atoms with van der Waals surface area (Å²) >= 11 is 0. The van der Waals surface area contributed by atoms with E-state index in [-0.39, 0.29) is 18.9 Å². The molecular weight excluding hydrogens is 184 g/mol. The average Bonchev–Trinajstić information content (AvgIpc) is 2.64. The van der Waals surface area contributed by atoms with E-state index in [0.29, 0.717) is 6.54 Å². The maximum absolute atomic E-state index is 11.4. The molecule has 2 N–H and O–H groups in total. The molecule has 1 rings (SSSR count). The van der Waals surface area contributed by atoms with Gasteiger partial charge in [-0.05, 0) is 12.8 Å². The number of rotatable bonds is 5. The average molecular weight is 200 g/mol. The molecule has 1 fully saturated rings. The van der Waals surface area contributed by atoms with E-state index in [1.165, 1.54) is 0 Å². The molecule has 14 heavy (non-hydrogen) atoms. The number of carbonyl (C=O) groups excluding carboxylic acids is 1. The van der Waals surface area contributed by atoms with Crippen LogP contribution < -0.4 is 5.32 Å². The summed E-state index contributed by atoms with van der Waals surface area (Å²) in [5.74, 6) is -0.765. The van der Waals surface area contributed by atoms with Gasteiger partial charge in [0.25, 0.3) is 0 Å². The van der Waals surface area contributed by atoms with Crippen LogP contribution in [0.15, 0.2) is 0 Å². The summed E-state index contributed by atoms with van der Waals surface area (Å²) in [7, 11) is 0. The highest BCUT2D eigenvalue weighted by Crippen LogP contribution is 2.06. The minimum absolute atomic E-state index is 0.0628. The second kappa shape index (κ2) is 5.59. The van der Waals surface area contributed by atoms with Crippen molar-refractivity contribution < 1.29 is 14.7 Å². The quantitative estimate of drug-likeness (QED) is 0.596. The first kappa shape index (κ1) is 11.0. The third-order valence-corrected chi connectivity index (χ3v) is 2.25. The van der Waals surface area contributed by atoms with E-state index in [1.807, 2.05) is 4.90 Å². The number of carboxylic acid groups (broad SMARTS) is 1. The largest absolute Gasteiger partial charge is 0.481 e. The van der Waals surface area contributed by atoms with Gasteiger partial charge in [-0.15, -0.1) is 0 Å². The van der Waals surface area contributed by atoms with Crippen molar-refractivity contribution >= 4 is 11.9 Å². The predicted octanol–water partition coefficient (Wildman–Crippen LogP) is -0.327. The Bertz CT molecular complexity index is 212. The fraction of sp³-hybridized carbons (Fsp3) is 0.778. The molecule has 1 heterocycles.